The van der Waals surface area contributed by atoms with Gasteiger partial charge in [-0.3, -0.25) is 19.2 Å². The molecule has 0 aromatic heterocycles. The number of likely N-dealkylation sites (tertiary alicyclic amines) is 2. The fourth-order valence-electron chi connectivity index (χ4n) is 3.79. The molecule has 10 nitrogen and oxygen atoms in total. The zero-order valence-electron chi connectivity index (χ0n) is 17.2. The van der Waals surface area contributed by atoms with E-state index < -0.39 is 41.9 Å². The fraction of sp³-hybridized carbons (Fsp3) is 0.789. The number of nitrogens with two attached hydrogens (primary N) is 1. The van der Waals surface area contributed by atoms with Crippen LogP contribution in [0.25, 0.3) is 0 Å². The molecule has 0 bridgehead atoms. The number of aliphatic hydroxyl groups is 2. The first-order valence-corrected chi connectivity index (χ1v) is 10.1. The molecule has 2 fully saturated rings. The van der Waals surface area contributed by atoms with Gasteiger partial charge < -0.3 is 31.1 Å². The summed E-state index contributed by atoms with van der Waals surface area (Å²) >= 11 is 0. The Bertz CT molecular complexity index is 653. The number of rotatable bonds is 7. The molecule has 2 rings (SSSR count). The van der Waals surface area contributed by atoms with Crippen molar-refractivity contribution in [1.29, 1.82) is 0 Å². The molecule has 29 heavy (non-hydrogen) atoms. The SMILES string of the molecule is C[C@H](C(=O)N1CC[C@H](C(=O)N2CC[C@@H](C(=O)N[C@H](C(N)=O)[C@@H](C)O)C2)C1)[C@@H](C)O. The van der Waals surface area contributed by atoms with Crippen molar-refractivity contribution in [3.8, 4) is 0 Å². The lowest BCUT2D eigenvalue weighted by molar-refractivity contribution is -0.138. The van der Waals surface area contributed by atoms with Gasteiger partial charge in [0.05, 0.1) is 30.0 Å². The molecule has 0 aromatic carbocycles. The smallest absolute Gasteiger partial charge is 0.242 e. The predicted molar refractivity (Wildman–Crippen MR) is 103 cm³/mol. The zero-order chi connectivity index (χ0) is 21.9. The van der Waals surface area contributed by atoms with E-state index in [4.69, 9.17) is 5.73 Å². The van der Waals surface area contributed by atoms with Crippen LogP contribution in [0.1, 0.15) is 33.6 Å². The van der Waals surface area contributed by atoms with Crippen molar-refractivity contribution in [2.45, 2.75) is 51.9 Å². The molecule has 10 heteroatoms. The summed E-state index contributed by atoms with van der Waals surface area (Å²) in [6, 6.07) is -1.17. The van der Waals surface area contributed by atoms with Gasteiger partial charge in [0.25, 0.3) is 0 Å². The molecular formula is C19H32N4O6. The van der Waals surface area contributed by atoms with E-state index in [0.717, 1.165) is 0 Å². The maximum atomic E-state index is 12.8. The van der Waals surface area contributed by atoms with E-state index in [1.807, 2.05) is 0 Å². The van der Waals surface area contributed by atoms with E-state index in [2.05, 4.69) is 5.32 Å². The van der Waals surface area contributed by atoms with E-state index in [9.17, 15) is 29.4 Å². The van der Waals surface area contributed by atoms with Crippen molar-refractivity contribution >= 4 is 23.6 Å². The van der Waals surface area contributed by atoms with Crippen molar-refractivity contribution in [2.24, 2.45) is 23.5 Å². The van der Waals surface area contributed by atoms with E-state index in [1.165, 1.54) is 6.92 Å². The Kier molecular flexibility index (Phi) is 7.59. The van der Waals surface area contributed by atoms with Crippen molar-refractivity contribution in [3.63, 3.8) is 0 Å². The summed E-state index contributed by atoms with van der Waals surface area (Å²) in [6.07, 6.45) is -0.851. The van der Waals surface area contributed by atoms with Crippen LogP contribution in [0.4, 0.5) is 0 Å². The first kappa shape index (κ1) is 23.1. The number of hydrogen-bond donors (Lipinski definition) is 4. The highest BCUT2D eigenvalue weighted by Gasteiger charge is 2.39. The van der Waals surface area contributed by atoms with Crippen molar-refractivity contribution in [1.82, 2.24) is 15.1 Å². The summed E-state index contributed by atoms with van der Waals surface area (Å²) in [5.74, 6) is -2.81. The second-order valence-electron chi connectivity index (χ2n) is 8.20. The number of nitrogens with zero attached hydrogens (tertiary/aromatic N) is 2. The van der Waals surface area contributed by atoms with Crippen molar-refractivity contribution < 1.29 is 29.4 Å². The molecule has 0 radical (unpaired) electrons. The standard InChI is InChI=1S/C19H32N4O6/c1-10(11(2)24)18(28)22-7-5-14(9-22)19(29)23-6-4-13(8-23)17(27)21-15(12(3)25)16(20)26/h10-15,24-25H,4-9H2,1-3H3,(H2,20,26)(H,21,27)/t10-,11+,12+,13+,14-,15-/m0/s1. The quantitative estimate of drug-likeness (QED) is 0.381. The van der Waals surface area contributed by atoms with Crippen molar-refractivity contribution in [3.05, 3.63) is 0 Å². The Morgan fingerprint density at radius 2 is 1.48 bits per heavy atom. The highest BCUT2D eigenvalue weighted by molar-refractivity contribution is 5.89. The summed E-state index contributed by atoms with van der Waals surface area (Å²) < 4.78 is 0. The van der Waals surface area contributed by atoms with Gasteiger partial charge in [0.2, 0.25) is 23.6 Å². The lowest BCUT2D eigenvalue weighted by Crippen LogP contribution is -2.52. The van der Waals surface area contributed by atoms with Crippen LogP contribution in [-0.2, 0) is 19.2 Å². The lowest BCUT2D eigenvalue weighted by atomic mass is 10.0. The number of nitrogens with one attached hydrogen (secondary N) is 1. The number of aliphatic hydroxyl groups excluding tert-OH is 2. The van der Waals surface area contributed by atoms with Gasteiger partial charge in [0, 0.05) is 26.2 Å². The molecule has 0 aliphatic carbocycles. The molecule has 6 atom stereocenters. The summed E-state index contributed by atoms with van der Waals surface area (Å²) in [4.78, 5) is 52.1. The molecule has 2 aliphatic heterocycles. The van der Waals surface area contributed by atoms with Gasteiger partial charge in [-0.1, -0.05) is 6.92 Å². The molecule has 0 spiro atoms. The third kappa shape index (κ3) is 5.45. The average molecular weight is 412 g/mol. The van der Waals surface area contributed by atoms with Gasteiger partial charge in [0.1, 0.15) is 6.04 Å². The second-order valence-corrected chi connectivity index (χ2v) is 8.20. The topological polar surface area (TPSA) is 153 Å². The summed E-state index contributed by atoms with van der Waals surface area (Å²) in [7, 11) is 0. The molecule has 0 unspecified atom stereocenters. The highest BCUT2D eigenvalue weighted by Crippen LogP contribution is 2.25. The Morgan fingerprint density at radius 3 is 2.03 bits per heavy atom. The number of hydrogen-bond acceptors (Lipinski definition) is 6. The molecule has 0 saturated carbocycles. The first-order valence-electron chi connectivity index (χ1n) is 10.1. The minimum Gasteiger partial charge on any atom is -0.393 e. The van der Waals surface area contributed by atoms with Crippen LogP contribution in [0.2, 0.25) is 0 Å². The van der Waals surface area contributed by atoms with Crippen LogP contribution in [0.5, 0.6) is 0 Å². The van der Waals surface area contributed by atoms with Crippen LogP contribution in [0.15, 0.2) is 0 Å². The normalized spacial score (nSPS) is 26.0. The maximum Gasteiger partial charge on any atom is 0.242 e. The number of carbonyl (C=O) groups is 4. The largest absolute Gasteiger partial charge is 0.393 e. The Hall–Kier alpha value is -2.20. The van der Waals surface area contributed by atoms with E-state index in [-0.39, 0.29) is 24.3 Å². The monoisotopic (exact) mass is 412 g/mol. The molecule has 2 saturated heterocycles. The third-order valence-electron chi connectivity index (χ3n) is 5.92. The number of amides is 4. The van der Waals surface area contributed by atoms with Crippen LogP contribution >= 0.6 is 0 Å². The Labute approximate surface area is 170 Å². The fourth-order valence-corrected chi connectivity index (χ4v) is 3.79. The minimum absolute atomic E-state index is 0.0951. The summed E-state index contributed by atoms with van der Waals surface area (Å²) in [6.45, 7) is 6.03. The maximum absolute atomic E-state index is 12.8. The Balaban J connectivity index is 1.88. The van der Waals surface area contributed by atoms with Gasteiger partial charge in [0.15, 0.2) is 0 Å². The van der Waals surface area contributed by atoms with E-state index in [0.29, 0.717) is 32.5 Å². The molecule has 2 aliphatic rings. The molecule has 4 amide bonds. The van der Waals surface area contributed by atoms with Gasteiger partial charge in [-0.15, -0.1) is 0 Å². The molecule has 5 N–H and O–H groups in total. The predicted octanol–water partition coefficient (Wildman–Crippen LogP) is -1.95. The minimum atomic E-state index is -1.17. The van der Waals surface area contributed by atoms with Crippen molar-refractivity contribution in [2.75, 3.05) is 26.2 Å². The highest BCUT2D eigenvalue weighted by atomic mass is 16.3. The molecule has 164 valence electrons. The zero-order valence-corrected chi connectivity index (χ0v) is 17.2. The van der Waals surface area contributed by atoms with Gasteiger partial charge in [-0.05, 0) is 26.7 Å². The van der Waals surface area contributed by atoms with Crippen LogP contribution in [0.3, 0.4) is 0 Å². The van der Waals surface area contributed by atoms with Crippen LogP contribution < -0.4 is 11.1 Å². The van der Waals surface area contributed by atoms with E-state index >= 15 is 0 Å². The van der Waals surface area contributed by atoms with Crippen LogP contribution in [0, 0.1) is 17.8 Å². The molecule has 2 heterocycles. The Morgan fingerprint density at radius 1 is 0.931 bits per heavy atom. The number of carbonyl (C=O) groups excluding carboxylic acids is 4. The van der Waals surface area contributed by atoms with Gasteiger partial charge in [-0.25, -0.2) is 0 Å². The lowest BCUT2D eigenvalue weighted by Gasteiger charge is -2.24. The summed E-state index contributed by atoms with van der Waals surface area (Å²) in [5.41, 5.74) is 5.19. The third-order valence-corrected chi connectivity index (χ3v) is 5.92. The number of primary amides is 1. The van der Waals surface area contributed by atoms with Gasteiger partial charge in [-0.2, -0.15) is 0 Å². The van der Waals surface area contributed by atoms with Gasteiger partial charge >= 0.3 is 0 Å². The molecular weight excluding hydrogens is 380 g/mol. The van der Waals surface area contributed by atoms with Crippen LogP contribution in [-0.4, -0.2) is 88.1 Å². The first-order chi connectivity index (χ1) is 13.5. The second kappa shape index (κ2) is 9.53. The molecule has 0 aromatic rings. The van der Waals surface area contributed by atoms with E-state index in [1.54, 1.807) is 23.6 Å². The summed E-state index contributed by atoms with van der Waals surface area (Å²) in [5, 5.41) is 21.6. The average Bonchev–Trinajstić information content (AvgIpc) is 3.33.